The molecule has 6 heteroatoms. The maximum Gasteiger partial charge on any atom is 0.238 e. The SMILES string of the molecule is CC(=O)N[C@@H](C)c1nnc([C@H](C)N)o1. The van der Waals surface area contributed by atoms with Gasteiger partial charge in [-0.3, -0.25) is 4.79 Å². The molecule has 0 bridgehead atoms. The van der Waals surface area contributed by atoms with Crippen molar-refractivity contribution in [1.82, 2.24) is 15.5 Å². The van der Waals surface area contributed by atoms with Crippen LogP contribution in [-0.4, -0.2) is 16.1 Å². The highest BCUT2D eigenvalue weighted by Crippen LogP contribution is 2.13. The number of nitrogens with zero attached hydrogens (tertiary/aromatic N) is 2. The summed E-state index contributed by atoms with van der Waals surface area (Å²) in [5.41, 5.74) is 5.54. The minimum absolute atomic E-state index is 0.141. The van der Waals surface area contributed by atoms with Gasteiger partial charge in [-0.15, -0.1) is 10.2 Å². The van der Waals surface area contributed by atoms with Crippen LogP contribution in [0.25, 0.3) is 0 Å². The molecule has 14 heavy (non-hydrogen) atoms. The number of nitrogens with two attached hydrogens (primary N) is 1. The number of hydrogen-bond acceptors (Lipinski definition) is 5. The predicted molar refractivity (Wildman–Crippen MR) is 49.1 cm³/mol. The minimum atomic E-state index is -0.291. The molecular formula is C8H14N4O2. The fourth-order valence-electron chi connectivity index (χ4n) is 0.972. The van der Waals surface area contributed by atoms with Crippen molar-refractivity contribution in [2.45, 2.75) is 32.9 Å². The monoisotopic (exact) mass is 198 g/mol. The van der Waals surface area contributed by atoms with Crippen molar-refractivity contribution >= 4 is 5.91 Å². The maximum atomic E-state index is 10.7. The summed E-state index contributed by atoms with van der Waals surface area (Å²) in [5.74, 6) is 0.600. The summed E-state index contributed by atoms with van der Waals surface area (Å²) in [4.78, 5) is 10.7. The number of carbonyl (C=O) groups is 1. The summed E-state index contributed by atoms with van der Waals surface area (Å²) in [6, 6.07) is -0.576. The predicted octanol–water partition coefficient (Wildman–Crippen LogP) is 0.286. The normalized spacial score (nSPS) is 14.9. The quantitative estimate of drug-likeness (QED) is 0.727. The van der Waals surface area contributed by atoms with Gasteiger partial charge in [-0.05, 0) is 13.8 Å². The van der Waals surface area contributed by atoms with Crippen molar-refractivity contribution in [3.05, 3.63) is 11.8 Å². The van der Waals surface area contributed by atoms with Crippen LogP contribution in [0.1, 0.15) is 44.6 Å². The first-order valence-corrected chi connectivity index (χ1v) is 4.36. The van der Waals surface area contributed by atoms with Gasteiger partial charge in [0, 0.05) is 6.92 Å². The van der Waals surface area contributed by atoms with Crippen LogP contribution in [-0.2, 0) is 4.79 Å². The van der Waals surface area contributed by atoms with Gasteiger partial charge in [0.25, 0.3) is 0 Å². The highest BCUT2D eigenvalue weighted by Gasteiger charge is 2.15. The average Bonchev–Trinajstić information content (AvgIpc) is 2.50. The highest BCUT2D eigenvalue weighted by atomic mass is 16.4. The summed E-state index contributed by atoms with van der Waals surface area (Å²) in [6.45, 7) is 4.94. The van der Waals surface area contributed by atoms with E-state index in [1.165, 1.54) is 6.92 Å². The molecule has 1 heterocycles. The van der Waals surface area contributed by atoms with E-state index in [1.54, 1.807) is 13.8 Å². The third-order valence-electron chi connectivity index (χ3n) is 1.64. The van der Waals surface area contributed by atoms with Crippen LogP contribution >= 0.6 is 0 Å². The second kappa shape index (κ2) is 4.19. The van der Waals surface area contributed by atoms with Crippen molar-refractivity contribution in [1.29, 1.82) is 0 Å². The van der Waals surface area contributed by atoms with Gasteiger partial charge < -0.3 is 15.5 Å². The number of carbonyl (C=O) groups excluding carboxylic acids is 1. The first-order valence-electron chi connectivity index (χ1n) is 4.36. The number of nitrogens with one attached hydrogen (secondary N) is 1. The number of rotatable bonds is 3. The van der Waals surface area contributed by atoms with E-state index < -0.39 is 0 Å². The number of aromatic nitrogens is 2. The smallest absolute Gasteiger partial charge is 0.238 e. The maximum absolute atomic E-state index is 10.7. The lowest BCUT2D eigenvalue weighted by molar-refractivity contribution is -0.119. The second-order valence-corrected chi connectivity index (χ2v) is 3.19. The summed E-state index contributed by atoms with van der Waals surface area (Å²) in [6.07, 6.45) is 0. The summed E-state index contributed by atoms with van der Waals surface area (Å²) in [5, 5.41) is 10.2. The summed E-state index contributed by atoms with van der Waals surface area (Å²) in [7, 11) is 0. The van der Waals surface area contributed by atoms with E-state index >= 15 is 0 Å². The Balaban J connectivity index is 2.71. The molecule has 0 aliphatic rings. The zero-order valence-corrected chi connectivity index (χ0v) is 8.44. The Morgan fingerprint density at radius 2 is 2.00 bits per heavy atom. The van der Waals surface area contributed by atoms with Gasteiger partial charge in [-0.25, -0.2) is 0 Å². The topological polar surface area (TPSA) is 94.0 Å². The molecule has 2 atom stereocenters. The Labute approximate surface area is 81.9 Å². The van der Waals surface area contributed by atoms with Crippen LogP contribution in [0.3, 0.4) is 0 Å². The Morgan fingerprint density at radius 3 is 2.43 bits per heavy atom. The molecule has 6 nitrogen and oxygen atoms in total. The van der Waals surface area contributed by atoms with E-state index in [9.17, 15) is 4.79 Å². The number of amides is 1. The fourth-order valence-corrected chi connectivity index (χ4v) is 0.972. The largest absolute Gasteiger partial charge is 0.421 e. The first-order chi connectivity index (χ1) is 6.50. The molecule has 0 aromatic carbocycles. The van der Waals surface area contributed by atoms with Crippen molar-refractivity contribution in [2.24, 2.45) is 5.73 Å². The lowest BCUT2D eigenvalue weighted by Crippen LogP contribution is -2.23. The molecule has 0 radical (unpaired) electrons. The Morgan fingerprint density at radius 1 is 1.43 bits per heavy atom. The molecule has 0 aliphatic carbocycles. The molecule has 0 saturated heterocycles. The summed E-state index contributed by atoms with van der Waals surface area (Å²) >= 11 is 0. The standard InChI is InChI=1S/C8H14N4O2/c1-4(9)7-11-12-8(14-7)5(2)10-6(3)13/h4-5H,9H2,1-3H3,(H,10,13)/t4-,5-/m0/s1. The van der Waals surface area contributed by atoms with Crippen LogP contribution in [0, 0.1) is 0 Å². The molecule has 0 fully saturated rings. The van der Waals surface area contributed by atoms with Gasteiger partial charge in [0.2, 0.25) is 17.7 Å². The van der Waals surface area contributed by atoms with Gasteiger partial charge in [-0.1, -0.05) is 0 Å². The van der Waals surface area contributed by atoms with Crippen LogP contribution in [0.2, 0.25) is 0 Å². The Kier molecular flexibility index (Phi) is 3.19. The van der Waals surface area contributed by atoms with Crippen molar-refractivity contribution in [3.8, 4) is 0 Å². The van der Waals surface area contributed by atoms with Gasteiger partial charge >= 0.3 is 0 Å². The molecule has 78 valence electrons. The van der Waals surface area contributed by atoms with E-state index in [4.69, 9.17) is 10.2 Å². The van der Waals surface area contributed by atoms with Crippen molar-refractivity contribution in [2.75, 3.05) is 0 Å². The second-order valence-electron chi connectivity index (χ2n) is 3.19. The molecule has 0 saturated carbocycles. The van der Waals surface area contributed by atoms with Gasteiger partial charge in [0.05, 0.1) is 6.04 Å². The van der Waals surface area contributed by atoms with Crippen LogP contribution in [0.5, 0.6) is 0 Å². The van der Waals surface area contributed by atoms with E-state index in [0.29, 0.717) is 11.8 Å². The molecule has 0 aliphatic heterocycles. The van der Waals surface area contributed by atoms with E-state index in [0.717, 1.165) is 0 Å². The zero-order chi connectivity index (χ0) is 10.7. The minimum Gasteiger partial charge on any atom is -0.421 e. The van der Waals surface area contributed by atoms with Crippen molar-refractivity contribution in [3.63, 3.8) is 0 Å². The van der Waals surface area contributed by atoms with Gasteiger partial charge in [0.1, 0.15) is 6.04 Å². The molecule has 1 aromatic rings. The van der Waals surface area contributed by atoms with Gasteiger partial charge in [-0.2, -0.15) is 0 Å². The molecule has 0 spiro atoms. The summed E-state index contributed by atoms with van der Waals surface area (Å²) < 4.78 is 5.25. The third kappa shape index (κ3) is 2.53. The average molecular weight is 198 g/mol. The molecule has 3 N–H and O–H groups in total. The fraction of sp³-hybridized carbons (Fsp3) is 0.625. The lowest BCUT2D eigenvalue weighted by Gasteiger charge is -2.06. The molecular weight excluding hydrogens is 184 g/mol. The van der Waals surface area contributed by atoms with E-state index in [-0.39, 0.29) is 18.0 Å². The molecule has 1 amide bonds. The van der Waals surface area contributed by atoms with Crippen LogP contribution in [0.4, 0.5) is 0 Å². The van der Waals surface area contributed by atoms with E-state index in [1.807, 2.05) is 0 Å². The first kappa shape index (κ1) is 10.6. The van der Waals surface area contributed by atoms with Crippen molar-refractivity contribution < 1.29 is 9.21 Å². The van der Waals surface area contributed by atoms with Gasteiger partial charge in [0.15, 0.2) is 0 Å². The Hall–Kier alpha value is -1.43. The zero-order valence-electron chi connectivity index (χ0n) is 8.44. The number of hydrogen-bond donors (Lipinski definition) is 2. The molecule has 1 aromatic heterocycles. The van der Waals surface area contributed by atoms with Crippen LogP contribution < -0.4 is 11.1 Å². The lowest BCUT2D eigenvalue weighted by atomic mass is 10.3. The highest BCUT2D eigenvalue weighted by molar-refractivity contribution is 5.73. The molecule has 0 unspecified atom stereocenters. The Bertz CT molecular complexity index is 321. The van der Waals surface area contributed by atoms with E-state index in [2.05, 4.69) is 15.5 Å². The van der Waals surface area contributed by atoms with Crippen LogP contribution in [0.15, 0.2) is 4.42 Å². The molecule has 1 rings (SSSR count). The third-order valence-corrected chi connectivity index (χ3v) is 1.64.